The van der Waals surface area contributed by atoms with E-state index >= 15 is 0 Å². The summed E-state index contributed by atoms with van der Waals surface area (Å²) in [4.78, 5) is 15.5. The number of benzene rings is 2. The Kier molecular flexibility index (Phi) is 4.29. The van der Waals surface area contributed by atoms with Crippen LogP contribution in [0.2, 0.25) is 0 Å². The summed E-state index contributed by atoms with van der Waals surface area (Å²) in [7, 11) is 1.41. The van der Waals surface area contributed by atoms with Crippen LogP contribution in [0.5, 0.6) is 0 Å². The molecule has 3 heteroatoms. The molecule has 0 bridgehead atoms. The summed E-state index contributed by atoms with van der Waals surface area (Å²) in [5, 5.41) is 0. The number of aromatic amines is 1. The van der Waals surface area contributed by atoms with Crippen molar-refractivity contribution in [2.75, 3.05) is 7.11 Å². The zero-order valence-electron chi connectivity index (χ0n) is 13.3. The molecular formula is C20H19NO2. The van der Waals surface area contributed by atoms with Crippen LogP contribution >= 0.6 is 0 Å². The lowest BCUT2D eigenvalue weighted by molar-refractivity contribution is 0.0595. The summed E-state index contributed by atoms with van der Waals surface area (Å²) < 4.78 is 4.98. The van der Waals surface area contributed by atoms with Gasteiger partial charge in [-0.05, 0) is 17.5 Å². The van der Waals surface area contributed by atoms with E-state index in [1.807, 2.05) is 48.5 Å². The smallest absolute Gasteiger partial charge is 0.355 e. The first-order chi connectivity index (χ1) is 11.3. The molecule has 0 spiro atoms. The quantitative estimate of drug-likeness (QED) is 0.710. The molecule has 0 amide bonds. The average Bonchev–Trinajstić information content (AvgIpc) is 3.02. The van der Waals surface area contributed by atoms with Gasteiger partial charge in [-0.25, -0.2) is 4.79 Å². The van der Waals surface area contributed by atoms with Crippen LogP contribution in [0.25, 0.3) is 22.3 Å². The maximum atomic E-state index is 12.3. The number of ether oxygens (including phenoxy) is 1. The lowest BCUT2D eigenvalue weighted by Crippen LogP contribution is -2.03. The van der Waals surface area contributed by atoms with Gasteiger partial charge < -0.3 is 9.72 Å². The fraction of sp³-hybridized carbons (Fsp3) is 0.150. The van der Waals surface area contributed by atoms with Crippen molar-refractivity contribution < 1.29 is 9.53 Å². The van der Waals surface area contributed by atoms with E-state index in [-0.39, 0.29) is 5.97 Å². The van der Waals surface area contributed by atoms with Crippen molar-refractivity contribution in [2.24, 2.45) is 0 Å². The third kappa shape index (κ3) is 2.78. The first-order valence-corrected chi connectivity index (χ1v) is 7.70. The van der Waals surface area contributed by atoms with Gasteiger partial charge in [0.15, 0.2) is 0 Å². The predicted octanol–water partition coefficient (Wildman–Crippen LogP) is 4.70. The molecule has 0 unspecified atom stereocenters. The molecule has 0 saturated carbocycles. The molecule has 0 aliphatic heterocycles. The van der Waals surface area contributed by atoms with Gasteiger partial charge in [0.25, 0.3) is 0 Å². The van der Waals surface area contributed by atoms with Gasteiger partial charge >= 0.3 is 5.97 Å². The van der Waals surface area contributed by atoms with Crippen molar-refractivity contribution in [1.29, 1.82) is 0 Å². The monoisotopic (exact) mass is 305 g/mol. The number of aromatic nitrogens is 1. The van der Waals surface area contributed by atoms with Crippen molar-refractivity contribution in [3.63, 3.8) is 0 Å². The molecule has 0 fully saturated rings. The van der Waals surface area contributed by atoms with E-state index in [0.717, 1.165) is 34.4 Å². The minimum absolute atomic E-state index is 0.347. The first kappa shape index (κ1) is 15.1. The SMILES string of the molecule is CCc1[nH]c(C(=O)OC)c(-c2ccccc2)c1-c1ccccc1. The van der Waals surface area contributed by atoms with Crippen LogP contribution in [0.4, 0.5) is 0 Å². The first-order valence-electron chi connectivity index (χ1n) is 7.70. The Labute approximate surface area is 135 Å². The highest BCUT2D eigenvalue weighted by atomic mass is 16.5. The van der Waals surface area contributed by atoms with E-state index in [1.54, 1.807) is 0 Å². The lowest BCUT2D eigenvalue weighted by Gasteiger charge is -2.08. The summed E-state index contributed by atoms with van der Waals surface area (Å²) in [6, 6.07) is 20.1. The van der Waals surface area contributed by atoms with Gasteiger partial charge in [-0.1, -0.05) is 67.6 Å². The van der Waals surface area contributed by atoms with Crippen molar-refractivity contribution >= 4 is 5.97 Å². The second-order valence-electron chi connectivity index (χ2n) is 5.31. The van der Waals surface area contributed by atoms with E-state index < -0.39 is 0 Å². The van der Waals surface area contributed by atoms with Crippen molar-refractivity contribution in [3.05, 3.63) is 72.1 Å². The number of H-pyrrole nitrogens is 1. The molecule has 1 aromatic heterocycles. The molecule has 0 aliphatic carbocycles. The summed E-state index contributed by atoms with van der Waals surface area (Å²) in [6.07, 6.45) is 0.807. The molecular weight excluding hydrogens is 286 g/mol. The molecule has 3 rings (SSSR count). The fourth-order valence-electron chi connectivity index (χ4n) is 2.89. The van der Waals surface area contributed by atoms with Crippen LogP contribution < -0.4 is 0 Å². The Morgan fingerprint density at radius 2 is 1.43 bits per heavy atom. The number of carbonyl (C=O) groups is 1. The van der Waals surface area contributed by atoms with Gasteiger partial charge in [0.05, 0.1) is 7.11 Å². The van der Waals surface area contributed by atoms with E-state index in [2.05, 4.69) is 24.0 Å². The molecule has 0 saturated heterocycles. The highest BCUT2D eigenvalue weighted by Crippen LogP contribution is 2.38. The van der Waals surface area contributed by atoms with Gasteiger partial charge in [0, 0.05) is 16.8 Å². The zero-order valence-corrected chi connectivity index (χ0v) is 13.3. The topological polar surface area (TPSA) is 42.1 Å². The lowest BCUT2D eigenvalue weighted by atomic mass is 9.94. The second kappa shape index (κ2) is 6.53. The minimum atomic E-state index is -0.347. The van der Waals surface area contributed by atoms with Crippen molar-refractivity contribution in [3.8, 4) is 22.3 Å². The van der Waals surface area contributed by atoms with Gasteiger partial charge in [0.1, 0.15) is 5.69 Å². The summed E-state index contributed by atoms with van der Waals surface area (Å²) in [5.41, 5.74) is 5.61. The number of carbonyl (C=O) groups excluding carboxylic acids is 1. The highest BCUT2D eigenvalue weighted by molar-refractivity contribution is 6.02. The van der Waals surface area contributed by atoms with E-state index in [4.69, 9.17) is 4.74 Å². The van der Waals surface area contributed by atoms with Crippen LogP contribution in [0.15, 0.2) is 60.7 Å². The van der Waals surface area contributed by atoms with E-state index in [1.165, 1.54) is 7.11 Å². The van der Waals surface area contributed by atoms with Crippen LogP contribution in [-0.4, -0.2) is 18.1 Å². The molecule has 116 valence electrons. The number of aryl methyl sites for hydroxylation is 1. The Balaban J connectivity index is 2.33. The number of rotatable bonds is 4. The minimum Gasteiger partial charge on any atom is -0.464 e. The molecule has 3 aromatic rings. The fourth-order valence-corrected chi connectivity index (χ4v) is 2.89. The van der Waals surface area contributed by atoms with Crippen molar-refractivity contribution in [1.82, 2.24) is 4.98 Å². The normalized spacial score (nSPS) is 10.5. The maximum absolute atomic E-state index is 12.3. The molecule has 1 N–H and O–H groups in total. The number of esters is 1. The average molecular weight is 305 g/mol. The van der Waals surface area contributed by atoms with Crippen molar-refractivity contribution in [2.45, 2.75) is 13.3 Å². The standard InChI is InChI=1S/C20H19NO2/c1-3-16-17(14-10-6-4-7-11-14)18(15-12-8-5-9-13-15)19(21-16)20(22)23-2/h4-13,21H,3H2,1-2H3. The third-order valence-corrected chi connectivity index (χ3v) is 3.95. The second-order valence-corrected chi connectivity index (χ2v) is 5.31. The molecule has 3 nitrogen and oxygen atoms in total. The predicted molar refractivity (Wildman–Crippen MR) is 92.4 cm³/mol. The van der Waals surface area contributed by atoms with Gasteiger partial charge in [-0.15, -0.1) is 0 Å². The van der Waals surface area contributed by atoms with Crippen LogP contribution in [0.1, 0.15) is 23.1 Å². The van der Waals surface area contributed by atoms with Gasteiger partial charge in [-0.3, -0.25) is 0 Å². The molecule has 0 aliphatic rings. The Bertz CT molecular complexity index is 804. The summed E-state index contributed by atoms with van der Waals surface area (Å²) in [5.74, 6) is -0.347. The Morgan fingerprint density at radius 3 is 1.91 bits per heavy atom. The number of nitrogens with one attached hydrogen (secondary N) is 1. The summed E-state index contributed by atoms with van der Waals surface area (Å²) >= 11 is 0. The van der Waals surface area contributed by atoms with Gasteiger partial charge in [-0.2, -0.15) is 0 Å². The maximum Gasteiger partial charge on any atom is 0.355 e. The largest absolute Gasteiger partial charge is 0.464 e. The summed E-state index contributed by atoms with van der Waals surface area (Å²) in [6.45, 7) is 2.08. The Morgan fingerprint density at radius 1 is 0.913 bits per heavy atom. The third-order valence-electron chi connectivity index (χ3n) is 3.95. The highest BCUT2D eigenvalue weighted by Gasteiger charge is 2.23. The van der Waals surface area contributed by atoms with Crippen LogP contribution in [0.3, 0.4) is 0 Å². The number of methoxy groups -OCH3 is 1. The van der Waals surface area contributed by atoms with Crippen LogP contribution in [-0.2, 0) is 11.2 Å². The molecule has 23 heavy (non-hydrogen) atoms. The molecule has 0 atom stereocenters. The molecule has 0 radical (unpaired) electrons. The Hall–Kier alpha value is -2.81. The van der Waals surface area contributed by atoms with Crippen LogP contribution in [0, 0.1) is 0 Å². The van der Waals surface area contributed by atoms with Gasteiger partial charge in [0.2, 0.25) is 0 Å². The van der Waals surface area contributed by atoms with E-state index in [9.17, 15) is 4.79 Å². The number of hydrogen-bond acceptors (Lipinski definition) is 2. The molecule has 1 heterocycles. The number of hydrogen-bond donors (Lipinski definition) is 1. The molecule has 2 aromatic carbocycles. The van der Waals surface area contributed by atoms with E-state index in [0.29, 0.717) is 5.69 Å². The zero-order chi connectivity index (χ0) is 16.2.